The van der Waals surface area contributed by atoms with Crippen molar-refractivity contribution >= 4 is 33.7 Å². The van der Waals surface area contributed by atoms with Gasteiger partial charge in [-0.2, -0.15) is 0 Å². The van der Waals surface area contributed by atoms with Crippen molar-refractivity contribution in [3.63, 3.8) is 0 Å². The van der Waals surface area contributed by atoms with Gasteiger partial charge in [0.2, 0.25) is 0 Å². The Labute approximate surface area is 113 Å². The van der Waals surface area contributed by atoms with Gasteiger partial charge in [0.1, 0.15) is 5.54 Å². The summed E-state index contributed by atoms with van der Waals surface area (Å²) in [6.07, 6.45) is 2.11. The summed E-state index contributed by atoms with van der Waals surface area (Å²) in [5, 5.41) is 9.89. The molecule has 1 aromatic rings. The molecule has 2 unspecified atom stereocenters. The van der Waals surface area contributed by atoms with Gasteiger partial charge in [-0.1, -0.05) is 6.92 Å². The maximum Gasteiger partial charge on any atom is 0.323 e. The molecule has 0 saturated carbocycles. The van der Waals surface area contributed by atoms with Crippen LogP contribution < -0.4 is 5.73 Å². The molecule has 3 N–H and O–H groups in total. The summed E-state index contributed by atoms with van der Waals surface area (Å²) < 4.78 is 0.920. The largest absolute Gasteiger partial charge is 0.480 e. The third kappa shape index (κ3) is 4.65. The minimum atomic E-state index is -1.19. The zero-order valence-corrected chi connectivity index (χ0v) is 12.1. The number of aromatic nitrogens is 1. The Morgan fingerprint density at radius 2 is 2.35 bits per heavy atom. The molecule has 94 valence electrons. The Hall–Kier alpha value is -0.590. The van der Waals surface area contributed by atoms with Crippen LogP contribution in [0.1, 0.15) is 20.3 Å². The fourth-order valence-electron chi connectivity index (χ4n) is 1.36. The first kappa shape index (κ1) is 14.5. The highest BCUT2D eigenvalue weighted by molar-refractivity contribution is 9.10. The maximum atomic E-state index is 10.9. The maximum absolute atomic E-state index is 10.9. The highest BCUT2D eigenvalue weighted by Gasteiger charge is 2.30. The van der Waals surface area contributed by atoms with Gasteiger partial charge in [0, 0.05) is 15.9 Å². The van der Waals surface area contributed by atoms with E-state index in [-0.39, 0.29) is 5.25 Å². The van der Waals surface area contributed by atoms with Gasteiger partial charge in [-0.05, 0) is 41.4 Å². The van der Waals surface area contributed by atoms with E-state index in [1.165, 1.54) is 18.7 Å². The topological polar surface area (TPSA) is 76.2 Å². The van der Waals surface area contributed by atoms with E-state index in [1.54, 1.807) is 6.20 Å². The average Bonchev–Trinajstić information content (AvgIpc) is 2.20. The fourth-order valence-corrected chi connectivity index (χ4v) is 2.70. The van der Waals surface area contributed by atoms with Gasteiger partial charge in [0.25, 0.3) is 0 Å². The Morgan fingerprint density at radius 1 is 1.71 bits per heavy atom. The van der Waals surface area contributed by atoms with Crippen LogP contribution in [0.15, 0.2) is 27.8 Å². The smallest absolute Gasteiger partial charge is 0.323 e. The molecule has 2 atom stereocenters. The molecule has 6 heteroatoms. The number of nitrogens with two attached hydrogens (primary N) is 1. The molecule has 4 nitrogen and oxygen atoms in total. The summed E-state index contributed by atoms with van der Waals surface area (Å²) in [4.78, 5) is 15.1. The minimum Gasteiger partial charge on any atom is -0.480 e. The molecule has 0 aliphatic heterocycles. The summed E-state index contributed by atoms with van der Waals surface area (Å²) in [5.41, 5.74) is 4.50. The molecule has 0 radical (unpaired) electrons. The van der Waals surface area contributed by atoms with Crippen LogP contribution in [0.3, 0.4) is 0 Å². The fraction of sp³-hybridized carbons (Fsp3) is 0.455. The van der Waals surface area contributed by atoms with Crippen molar-refractivity contribution in [3.8, 4) is 0 Å². The lowest BCUT2D eigenvalue weighted by Gasteiger charge is -2.22. The lowest BCUT2D eigenvalue weighted by Crippen LogP contribution is -2.46. The normalized spacial score (nSPS) is 16.2. The van der Waals surface area contributed by atoms with Crippen molar-refractivity contribution in [3.05, 3.63) is 22.8 Å². The Balaban J connectivity index is 2.58. The molecule has 17 heavy (non-hydrogen) atoms. The first-order chi connectivity index (χ1) is 7.81. The molecule has 0 saturated heterocycles. The highest BCUT2D eigenvalue weighted by Crippen LogP contribution is 2.27. The minimum absolute atomic E-state index is 0.0924. The molecular weight excluding hydrogens is 304 g/mol. The number of carboxylic acids is 1. The van der Waals surface area contributed by atoms with Gasteiger partial charge < -0.3 is 10.8 Å². The van der Waals surface area contributed by atoms with Gasteiger partial charge in [-0.3, -0.25) is 4.79 Å². The van der Waals surface area contributed by atoms with Gasteiger partial charge in [-0.25, -0.2) is 4.98 Å². The molecule has 0 aromatic carbocycles. The zero-order chi connectivity index (χ0) is 13.1. The number of hydrogen-bond acceptors (Lipinski definition) is 4. The molecule has 1 rings (SSSR count). The number of nitrogens with zero attached hydrogens (tertiary/aromatic N) is 1. The average molecular weight is 319 g/mol. The number of halogens is 1. The van der Waals surface area contributed by atoms with Crippen LogP contribution in [-0.4, -0.2) is 26.8 Å². The Bertz CT molecular complexity index is 395. The first-order valence-electron chi connectivity index (χ1n) is 5.12. The van der Waals surface area contributed by atoms with Gasteiger partial charge in [-0.15, -0.1) is 11.8 Å². The lowest BCUT2D eigenvalue weighted by atomic mass is 9.98. The van der Waals surface area contributed by atoms with Gasteiger partial charge in [0.05, 0.1) is 5.03 Å². The van der Waals surface area contributed by atoms with E-state index < -0.39 is 11.5 Å². The van der Waals surface area contributed by atoms with Gasteiger partial charge >= 0.3 is 5.97 Å². The van der Waals surface area contributed by atoms with Crippen LogP contribution in [0.2, 0.25) is 0 Å². The van der Waals surface area contributed by atoms with E-state index >= 15 is 0 Å². The number of aliphatic carboxylic acids is 1. The van der Waals surface area contributed by atoms with E-state index in [2.05, 4.69) is 20.9 Å². The number of pyridine rings is 1. The summed E-state index contributed by atoms with van der Waals surface area (Å²) in [6.45, 7) is 3.48. The molecule has 0 amide bonds. The van der Waals surface area contributed by atoms with E-state index in [4.69, 9.17) is 10.8 Å². The van der Waals surface area contributed by atoms with Crippen LogP contribution in [0.25, 0.3) is 0 Å². The number of rotatable bonds is 5. The number of thioether (sulfide) groups is 1. The Morgan fingerprint density at radius 3 is 2.82 bits per heavy atom. The molecule has 0 fully saturated rings. The highest BCUT2D eigenvalue weighted by atomic mass is 79.9. The van der Waals surface area contributed by atoms with Crippen molar-refractivity contribution < 1.29 is 9.90 Å². The van der Waals surface area contributed by atoms with Gasteiger partial charge in [0.15, 0.2) is 0 Å². The predicted octanol–water partition coefficient (Wildman–Crippen LogP) is 2.52. The van der Waals surface area contributed by atoms with Crippen LogP contribution in [-0.2, 0) is 4.79 Å². The second-order valence-corrected chi connectivity index (χ2v) is 6.54. The molecule has 0 spiro atoms. The Kier molecular flexibility index (Phi) is 4.97. The molecule has 0 bridgehead atoms. The summed E-state index contributed by atoms with van der Waals surface area (Å²) >= 11 is 4.83. The molecule has 1 aromatic heterocycles. The van der Waals surface area contributed by atoms with Crippen molar-refractivity contribution in [2.24, 2.45) is 5.73 Å². The van der Waals surface area contributed by atoms with E-state index in [1.807, 2.05) is 19.1 Å². The number of hydrogen-bond donors (Lipinski definition) is 2. The molecule has 0 aliphatic rings. The van der Waals surface area contributed by atoms with Crippen molar-refractivity contribution in [1.82, 2.24) is 4.98 Å². The lowest BCUT2D eigenvalue weighted by molar-refractivity contribution is -0.142. The second kappa shape index (κ2) is 5.84. The second-order valence-electron chi connectivity index (χ2n) is 4.17. The van der Waals surface area contributed by atoms with Crippen LogP contribution in [0, 0.1) is 0 Å². The summed E-state index contributed by atoms with van der Waals surface area (Å²) in [7, 11) is 0. The first-order valence-corrected chi connectivity index (χ1v) is 6.79. The molecule has 0 aliphatic carbocycles. The number of carbonyl (C=O) groups is 1. The quantitative estimate of drug-likeness (QED) is 0.816. The van der Waals surface area contributed by atoms with Crippen molar-refractivity contribution in [2.45, 2.75) is 36.1 Å². The summed E-state index contributed by atoms with van der Waals surface area (Å²) in [6, 6.07) is 3.79. The molecular formula is C11H15BrN2O2S. The standard InChI is InChI=1S/C11H15BrN2O2S/c1-7(5-11(2,13)10(15)16)17-9-4-3-8(12)6-14-9/h3-4,6-7H,5,13H2,1-2H3,(H,15,16). The number of carboxylic acid groups (broad SMARTS) is 1. The van der Waals surface area contributed by atoms with Crippen LogP contribution >= 0.6 is 27.7 Å². The monoisotopic (exact) mass is 318 g/mol. The van der Waals surface area contributed by atoms with Crippen LogP contribution in [0.5, 0.6) is 0 Å². The SMILES string of the molecule is CC(CC(C)(N)C(=O)O)Sc1ccc(Br)cn1. The zero-order valence-electron chi connectivity index (χ0n) is 9.68. The van der Waals surface area contributed by atoms with Crippen LogP contribution in [0.4, 0.5) is 0 Å². The third-order valence-corrected chi connectivity index (χ3v) is 3.74. The van der Waals surface area contributed by atoms with Crippen molar-refractivity contribution in [1.29, 1.82) is 0 Å². The summed E-state index contributed by atoms with van der Waals surface area (Å²) in [5.74, 6) is -0.978. The molecule has 1 heterocycles. The van der Waals surface area contributed by atoms with Crippen molar-refractivity contribution in [2.75, 3.05) is 0 Å². The van der Waals surface area contributed by atoms with E-state index in [0.29, 0.717) is 6.42 Å². The van der Waals surface area contributed by atoms with E-state index in [0.717, 1.165) is 9.50 Å². The third-order valence-electron chi connectivity index (χ3n) is 2.22. The predicted molar refractivity (Wildman–Crippen MR) is 72.1 cm³/mol. The van der Waals surface area contributed by atoms with E-state index in [9.17, 15) is 4.79 Å².